The van der Waals surface area contributed by atoms with E-state index in [1.807, 2.05) is 0 Å². The number of non-ortho nitro benzene ring substituents is 1. The van der Waals surface area contributed by atoms with E-state index in [1.54, 1.807) is 20.8 Å². The molecule has 0 aliphatic rings. The number of nitro groups is 1. The number of rotatable bonds is 8. The lowest BCUT2D eigenvalue weighted by atomic mass is 10.2. The number of nitrogens with one attached hydrogen (secondary N) is 2. The Morgan fingerprint density at radius 2 is 1.86 bits per heavy atom. The smallest absolute Gasteiger partial charge is 0.271 e. The van der Waals surface area contributed by atoms with Crippen LogP contribution in [0.1, 0.15) is 25.8 Å². The van der Waals surface area contributed by atoms with E-state index in [4.69, 9.17) is 4.74 Å². The molecule has 28 heavy (non-hydrogen) atoms. The summed E-state index contributed by atoms with van der Waals surface area (Å²) >= 11 is 0. The zero-order valence-electron chi connectivity index (χ0n) is 15.7. The number of carbonyl (C=O) groups excluding carboxylic acids is 1. The average molecular weight is 407 g/mol. The number of hydrogen-bond acceptors (Lipinski definition) is 6. The molecule has 2 rings (SSSR count). The van der Waals surface area contributed by atoms with Crippen molar-refractivity contribution in [3.8, 4) is 5.75 Å². The van der Waals surface area contributed by atoms with Crippen LogP contribution in [-0.2, 0) is 14.8 Å². The van der Waals surface area contributed by atoms with Gasteiger partial charge in [-0.2, -0.15) is 0 Å². The van der Waals surface area contributed by atoms with Crippen LogP contribution in [0.15, 0.2) is 41.3 Å². The molecule has 0 spiro atoms. The van der Waals surface area contributed by atoms with Gasteiger partial charge in [0.2, 0.25) is 5.91 Å². The second-order valence-corrected chi connectivity index (χ2v) is 7.54. The first-order valence-electron chi connectivity index (χ1n) is 8.52. The molecule has 0 aromatic heterocycles. The Labute approximate surface area is 162 Å². The minimum atomic E-state index is -4.05. The topological polar surface area (TPSA) is 128 Å². The zero-order chi connectivity index (χ0) is 20.9. The monoisotopic (exact) mass is 407 g/mol. The van der Waals surface area contributed by atoms with E-state index in [1.165, 1.54) is 30.3 Å². The lowest BCUT2D eigenvalue weighted by molar-refractivity contribution is -0.384. The normalized spacial score (nSPS) is 11.0. The predicted molar refractivity (Wildman–Crippen MR) is 105 cm³/mol. The van der Waals surface area contributed by atoms with Gasteiger partial charge < -0.3 is 10.1 Å². The van der Waals surface area contributed by atoms with Crippen LogP contribution in [-0.4, -0.2) is 25.9 Å². The van der Waals surface area contributed by atoms with Crippen molar-refractivity contribution in [1.82, 2.24) is 0 Å². The molecule has 2 aromatic carbocycles. The number of nitro benzene ring substituents is 1. The fraction of sp³-hybridized carbons (Fsp3) is 0.278. The molecule has 150 valence electrons. The Hall–Kier alpha value is -3.14. The molecule has 1 amide bonds. The number of hydrogen-bond donors (Lipinski definition) is 2. The van der Waals surface area contributed by atoms with Gasteiger partial charge in [-0.25, -0.2) is 8.42 Å². The van der Waals surface area contributed by atoms with Gasteiger partial charge in [0.15, 0.2) is 0 Å². The number of benzene rings is 2. The molecule has 0 aliphatic carbocycles. The molecular formula is C18H21N3O6S. The van der Waals surface area contributed by atoms with Gasteiger partial charge in [0.1, 0.15) is 5.75 Å². The van der Waals surface area contributed by atoms with Crippen LogP contribution >= 0.6 is 0 Å². The van der Waals surface area contributed by atoms with Crippen molar-refractivity contribution in [2.75, 3.05) is 16.6 Å². The van der Waals surface area contributed by atoms with E-state index in [0.29, 0.717) is 17.9 Å². The first kappa shape index (κ1) is 21.2. The highest BCUT2D eigenvalue weighted by Crippen LogP contribution is 2.30. The van der Waals surface area contributed by atoms with Crippen LogP contribution in [0.25, 0.3) is 0 Å². The number of anilines is 2. The maximum absolute atomic E-state index is 12.8. The van der Waals surface area contributed by atoms with Crippen LogP contribution in [0.2, 0.25) is 0 Å². The van der Waals surface area contributed by atoms with Gasteiger partial charge in [0, 0.05) is 18.6 Å². The fourth-order valence-corrected chi connectivity index (χ4v) is 3.48. The maximum Gasteiger partial charge on any atom is 0.271 e. The second-order valence-electron chi connectivity index (χ2n) is 5.85. The summed E-state index contributed by atoms with van der Waals surface area (Å²) in [5, 5.41) is 13.6. The molecular weight excluding hydrogens is 386 g/mol. The summed E-state index contributed by atoms with van der Waals surface area (Å²) in [5.74, 6) is 0.0489. The molecule has 9 nitrogen and oxygen atoms in total. The highest BCUT2D eigenvalue weighted by Gasteiger charge is 2.20. The summed E-state index contributed by atoms with van der Waals surface area (Å²) in [5.41, 5.74) is 0.625. The van der Waals surface area contributed by atoms with E-state index in [0.717, 1.165) is 6.07 Å². The SMILES string of the molecule is CCOc1ccc(S(=O)(=O)Nc2cc([N+](=O)[O-])ccc2C)cc1NC(=O)CC. The van der Waals surface area contributed by atoms with Crippen molar-refractivity contribution in [3.05, 3.63) is 52.1 Å². The summed E-state index contributed by atoms with van der Waals surface area (Å²) in [4.78, 5) is 22.0. The van der Waals surface area contributed by atoms with Crippen molar-refractivity contribution < 1.29 is 22.9 Å². The van der Waals surface area contributed by atoms with Crippen LogP contribution < -0.4 is 14.8 Å². The van der Waals surface area contributed by atoms with Gasteiger partial charge in [-0.15, -0.1) is 0 Å². The van der Waals surface area contributed by atoms with E-state index >= 15 is 0 Å². The Morgan fingerprint density at radius 3 is 2.46 bits per heavy atom. The molecule has 0 bridgehead atoms. The summed E-state index contributed by atoms with van der Waals surface area (Å²) in [6.07, 6.45) is 0.216. The number of ether oxygens (including phenoxy) is 1. The summed E-state index contributed by atoms with van der Waals surface area (Å²) in [6, 6.07) is 7.98. The molecule has 0 aliphatic heterocycles. The van der Waals surface area contributed by atoms with Crippen LogP contribution in [0, 0.1) is 17.0 Å². The number of nitrogens with zero attached hydrogens (tertiary/aromatic N) is 1. The third-order valence-electron chi connectivity index (χ3n) is 3.83. The molecule has 0 saturated heterocycles. The Morgan fingerprint density at radius 1 is 1.14 bits per heavy atom. The van der Waals surface area contributed by atoms with E-state index < -0.39 is 14.9 Å². The lowest BCUT2D eigenvalue weighted by Crippen LogP contribution is -2.16. The van der Waals surface area contributed by atoms with Gasteiger partial charge in [-0.3, -0.25) is 19.6 Å². The molecule has 2 aromatic rings. The molecule has 10 heteroatoms. The number of aryl methyl sites for hydroxylation is 1. The van der Waals surface area contributed by atoms with Crippen LogP contribution in [0.3, 0.4) is 0 Å². The first-order valence-corrected chi connectivity index (χ1v) is 10.0. The van der Waals surface area contributed by atoms with Gasteiger partial charge in [-0.1, -0.05) is 13.0 Å². The van der Waals surface area contributed by atoms with Crippen molar-refractivity contribution in [3.63, 3.8) is 0 Å². The van der Waals surface area contributed by atoms with E-state index in [2.05, 4.69) is 10.0 Å². The zero-order valence-corrected chi connectivity index (χ0v) is 16.5. The maximum atomic E-state index is 12.8. The molecule has 0 saturated carbocycles. The Bertz CT molecular complexity index is 1000. The fourth-order valence-electron chi connectivity index (χ4n) is 2.33. The highest BCUT2D eigenvalue weighted by molar-refractivity contribution is 7.92. The van der Waals surface area contributed by atoms with E-state index in [9.17, 15) is 23.3 Å². The number of sulfonamides is 1. The predicted octanol–water partition coefficient (Wildman–Crippen LogP) is 3.45. The molecule has 0 fully saturated rings. The van der Waals surface area contributed by atoms with Crippen molar-refractivity contribution in [1.29, 1.82) is 0 Å². The van der Waals surface area contributed by atoms with Crippen LogP contribution in [0.4, 0.5) is 17.1 Å². The highest BCUT2D eigenvalue weighted by atomic mass is 32.2. The van der Waals surface area contributed by atoms with Crippen molar-refractivity contribution >= 4 is 33.0 Å². The third kappa shape index (κ3) is 4.97. The minimum Gasteiger partial charge on any atom is -0.492 e. The number of amides is 1. The largest absolute Gasteiger partial charge is 0.492 e. The average Bonchev–Trinajstić information content (AvgIpc) is 2.64. The van der Waals surface area contributed by atoms with Crippen molar-refractivity contribution in [2.45, 2.75) is 32.1 Å². The third-order valence-corrected chi connectivity index (χ3v) is 5.20. The van der Waals surface area contributed by atoms with Gasteiger partial charge >= 0.3 is 0 Å². The lowest BCUT2D eigenvalue weighted by Gasteiger charge is -2.14. The van der Waals surface area contributed by atoms with Gasteiger partial charge in [-0.05, 0) is 37.6 Å². The Kier molecular flexibility index (Phi) is 6.57. The van der Waals surface area contributed by atoms with Gasteiger partial charge in [0.05, 0.1) is 27.8 Å². The molecule has 0 atom stereocenters. The van der Waals surface area contributed by atoms with Crippen LogP contribution in [0.5, 0.6) is 5.75 Å². The quantitative estimate of drug-likeness (QED) is 0.509. The first-order chi connectivity index (χ1) is 13.2. The Balaban J connectivity index is 2.42. The van der Waals surface area contributed by atoms with E-state index in [-0.39, 0.29) is 34.3 Å². The molecule has 2 N–H and O–H groups in total. The number of carbonyl (C=O) groups is 1. The minimum absolute atomic E-state index is 0.0993. The standard InChI is InChI=1S/C18H21N3O6S/c1-4-18(22)19-16-11-14(8-9-17(16)27-5-2)28(25,26)20-15-10-13(21(23)24)7-6-12(15)3/h6-11,20H,4-5H2,1-3H3,(H,19,22). The molecule has 0 unspecified atom stereocenters. The second kappa shape index (κ2) is 8.70. The summed E-state index contributed by atoms with van der Waals surface area (Å²) in [6.45, 7) is 5.41. The molecule has 0 heterocycles. The summed E-state index contributed by atoms with van der Waals surface area (Å²) in [7, 11) is -4.05. The summed E-state index contributed by atoms with van der Waals surface area (Å²) < 4.78 is 33.3. The van der Waals surface area contributed by atoms with Crippen molar-refractivity contribution in [2.24, 2.45) is 0 Å². The van der Waals surface area contributed by atoms with Gasteiger partial charge in [0.25, 0.3) is 15.7 Å². The molecule has 0 radical (unpaired) electrons.